The fourth-order valence-electron chi connectivity index (χ4n) is 2.30. The molecule has 1 aromatic carbocycles. The smallest absolute Gasteiger partial charge is 0.231 e. The lowest BCUT2D eigenvalue weighted by molar-refractivity contribution is -0.116. The van der Waals surface area contributed by atoms with Crippen LogP contribution in [0.15, 0.2) is 54.9 Å². The van der Waals surface area contributed by atoms with Crippen molar-refractivity contribution in [3.63, 3.8) is 0 Å². The Balaban J connectivity index is 1.60. The summed E-state index contributed by atoms with van der Waals surface area (Å²) in [6, 6.07) is 12.8. The molecule has 0 saturated carbocycles. The molecule has 0 aliphatic rings. The molecule has 1 N–H and O–H groups in total. The van der Waals surface area contributed by atoms with E-state index in [1.54, 1.807) is 22.9 Å². The molecular weight excluding hydrogens is 314 g/mol. The highest BCUT2D eigenvalue weighted by Gasteiger charge is 2.11. The average Bonchev–Trinajstić information content (AvgIpc) is 2.99. The Labute approximate surface area is 137 Å². The molecule has 23 heavy (non-hydrogen) atoms. The Kier molecular flexibility index (Phi) is 4.39. The van der Waals surface area contributed by atoms with Crippen molar-refractivity contribution < 1.29 is 9.59 Å². The number of nitrogens with zero attached hydrogens (tertiary/aromatic N) is 2. The van der Waals surface area contributed by atoms with Crippen molar-refractivity contribution in [2.24, 2.45) is 0 Å². The summed E-state index contributed by atoms with van der Waals surface area (Å²) in [7, 11) is 0. The molecular formula is C17H14ClN3O2. The number of pyridine rings is 1. The number of benzene rings is 1. The van der Waals surface area contributed by atoms with Crippen LogP contribution in [0.2, 0.25) is 5.02 Å². The largest absolute Gasteiger partial charge is 0.311 e. The van der Waals surface area contributed by atoms with Crippen LogP contribution in [0, 0.1) is 0 Å². The molecule has 0 aliphatic heterocycles. The number of hydrogen-bond donors (Lipinski definition) is 1. The van der Waals surface area contributed by atoms with Gasteiger partial charge in [-0.25, -0.2) is 4.98 Å². The fourth-order valence-corrected chi connectivity index (χ4v) is 2.41. The van der Waals surface area contributed by atoms with Crippen LogP contribution in [0.5, 0.6) is 0 Å². The maximum Gasteiger partial charge on any atom is 0.231 e. The number of nitrogens with one attached hydrogen (secondary N) is 1. The van der Waals surface area contributed by atoms with Crippen molar-refractivity contribution in [3.8, 4) is 0 Å². The number of carbonyl (C=O) groups is 2. The number of aromatic nitrogens is 2. The van der Waals surface area contributed by atoms with Crippen LogP contribution in [0.1, 0.15) is 17.6 Å². The molecule has 0 atom stereocenters. The number of halogens is 1. The second kappa shape index (κ2) is 6.62. The monoisotopic (exact) mass is 327 g/mol. The van der Waals surface area contributed by atoms with Crippen molar-refractivity contribution in [1.29, 1.82) is 0 Å². The molecule has 0 fully saturated rings. The first-order chi connectivity index (χ1) is 11.1. The first-order valence-electron chi connectivity index (χ1n) is 7.14. The number of rotatable bonds is 4. The van der Waals surface area contributed by atoms with Crippen LogP contribution < -0.4 is 5.32 Å². The van der Waals surface area contributed by atoms with Gasteiger partial charge in [-0.05, 0) is 24.3 Å². The van der Waals surface area contributed by atoms with E-state index in [-0.39, 0.29) is 24.7 Å². The summed E-state index contributed by atoms with van der Waals surface area (Å²) in [6.07, 6.45) is 3.40. The fraction of sp³-hybridized carbons (Fsp3) is 0.118. The van der Waals surface area contributed by atoms with E-state index in [1.807, 2.05) is 30.3 Å². The second-order valence-electron chi connectivity index (χ2n) is 5.05. The van der Waals surface area contributed by atoms with Gasteiger partial charge in [0.05, 0.1) is 10.5 Å². The minimum absolute atomic E-state index is 0.0929. The molecule has 6 heteroatoms. The predicted molar refractivity (Wildman–Crippen MR) is 89.7 cm³/mol. The van der Waals surface area contributed by atoms with Crippen LogP contribution in [-0.2, 0) is 4.79 Å². The van der Waals surface area contributed by atoms with Crippen LogP contribution in [-0.4, -0.2) is 21.4 Å². The number of amides is 1. The summed E-state index contributed by atoms with van der Waals surface area (Å²) in [6.45, 7) is 0. The third-order valence-electron chi connectivity index (χ3n) is 3.43. The summed E-state index contributed by atoms with van der Waals surface area (Å²) in [5, 5.41) is 4.13. The van der Waals surface area contributed by atoms with Gasteiger partial charge in [0.1, 0.15) is 5.82 Å². The zero-order valence-electron chi connectivity index (χ0n) is 12.2. The lowest BCUT2D eigenvalue weighted by Gasteiger charge is -2.06. The SMILES string of the molecule is O=C(CCC(=O)n1ccc2ccccc21)Nc1ccc(Cl)cn1. The normalized spacial score (nSPS) is 10.7. The number of carbonyl (C=O) groups excluding carboxylic acids is 2. The highest BCUT2D eigenvalue weighted by atomic mass is 35.5. The highest BCUT2D eigenvalue weighted by Crippen LogP contribution is 2.16. The van der Waals surface area contributed by atoms with Gasteiger partial charge in [-0.3, -0.25) is 14.2 Å². The molecule has 2 heterocycles. The van der Waals surface area contributed by atoms with Crippen molar-refractivity contribution in [2.75, 3.05) is 5.32 Å². The molecule has 0 radical (unpaired) electrons. The van der Waals surface area contributed by atoms with Crippen LogP contribution in [0.25, 0.3) is 10.9 Å². The third kappa shape index (κ3) is 3.57. The van der Waals surface area contributed by atoms with Crippen LogP contribution in [0.3, 0.4) is 0 Å². The maximum absolute atomic E-state index is 12.3. The van der Waals surface area contributed by atoms with Crippen LogP contribution in [0.4, 0.5) is 5.82 Å². The van der Waals surface area contributed by atoms with Crippen molar-refractivity contribution in [1.82, 2.24) is 9.55 Å². The molecule has 3 rings (SSSR count). The van der Waals surface area contributed by atoms with Gasteiger partial charge < -0.3 is 5.32 Å². The van der Waals surface area contributed by atoms with Crippen molar-refractivity contribution in [2.45, 2.75) is 12.8 Å². The number of anilines is 1. The Morgan fingerprint density at radius 1 is 1.09 bits per heavy atom. The minimum atomic E-state index is -0.260. The number of fused-ring (bicyclic) bond motifs is 1. The van der Waals surface area contributed by atoms with Gasteiger partial charge in [-0.15, -0.1) is 0 Å². The number of para-hydroxylation sites is 1. The van der Waals surface area contributed by atoms with E-state index < -0.39 is 0 Å². The minimum Gasteiger partial charge on any atom is -0.311 e. The summed E-state index contributed by atoms with van der Waals surface area (Å²) in [5.74, 6) is 0.0355. The van der Waals surface area contributed by atoms with E-state index in [9.17, 15) is 9.59 Å². The van der Waals surface area contributed by atoms with Gasteiger partial charge >= 0.3 is 0 Å². The molecule has 0 spiro atoms. The molecule has 0 saturated heterocycles. The zero-order chi connectivity index (χ0) is 16.2. The van der Waals surface area contributed by atoms with Crippen molar-refractivity contribution in [3.05, 3.63) is 59.9 Å². The molecule has 0 bridgehead atoms. The first-order valence-corrected chi connectivity index (χ1v) is 7.52. The summed E-state index contributed by atoms with van der Waals surface area (Å²) >= 11 is 5.73. The Morgan fingerprint density at radius 2 is 1.91 bits per heavy atom. The average molecular weight is 328 g/mol. The second-order valence-corrected chi connectivity index (χ2v) is 5.48. The lowest BCUT2D eigenvalue weighted by atomic mass is 10.2. The maximum atomic E-state index is 12.3. The molecule has 1 amide bonds. The van der Waals surface area contributed by atoms with E-state index in [4.69, 9.17) is 11.6 Å². The lowest BCUT2D eigenvalue weighted by Crippen LogP contribution is -2.16. The van der Waals surface area contributed by atoms with E-state index in [1.165, 1.54) is 6.20 Å². The Hall–Kier alpha value is -2.66. The third-order valence-corrected chi connectivity index (χ3v) is 3.65. The van der Waals surface area contributed by atoms with Gasteiger partial charge in [-0.2, -0.15) is 0 Å². The molecule has 2 aromatic heterocycles. The summed E-state index contributed by atoms with van der Waals surface area (Å²) in [4.78, 5) is 28.1. The van der Waals surface area contributed by atoms with Gasteiger partial charge in [0.15, 0.2) is 0 Å². The number of hydrogen-bond acceptors (Lipinski definition) is 3. The van der Waals surface area contributed by atoms with Gasteiger partial charge in [0.25, 0.3) is 0 Å². The van der Waals surface area contributed by atoms with Gasteiger partial charge in [-0.1, -0.05) is 29.8 Å². The van der Waals surface area contributed by atoms with E-state index >= 15 is 0 Å². The highest BCUT2D eigenvalue weighted by molar-refractivity contribution is 6.30. The van der Waals surface area contributed by atoms with E-state index in [0.717, 1.165) is 10.9 Å². The summed E-state index contributed by atoms with van der Waals surface area (Å²) in [5.41, 5.74) is 0.845. The molecule has 0 aliphatic carbocycles. The standard InChI is InChI=1S/C17H14ClN3O2/c18-13-5-6-15(19-11-13)20-16(22)7-8-17(23)21-10-9-12-3-1-2-4-14(12)21/h1-6,9-11H,7-8H2,(H,19,20,22). The van der Waals surface area contributed by atoms with E-state index in [0.29, 0.717) is 10.8 Å². The quantitative estimate of drug-likeness (QED) is 0.793. The first kappa shape index (κ1) is 15.2. The topological polar surface area (TPSA) is 64.0 Å². The Bertz CT molecular complexity index is 856. The molecule has 3 aromatic rings. The van der Waals surface area contributed by atoms with Gasteiger partial charge in [0, 0.05) is 30.6 Å². The van der Waals surface area contributed by atoms with Crippen LogP contribution >= 0.6 is 11.6 Å². The molecule has 0 unspecified atom stereocenters. The summed E-state index contributed by atoms with van der Waals surface area (Å²) < 4.78 is 1.57. The van der Waals surface area contributed by atoms with Crippen molar-refractivity contribution >= 4 is 40.1 Å². The van der Waals surface area contributed by atoms with Gasteiger partial charge in [0.2, 0.25) is 11.8 Å². The molecule has 116 valence electrons. The Morgan fingerprint density at radius 3 is 2.70 bits per heavy atom. The predicted octanol–water partition coefficient (Wildman–Crippen LogP) is 3.75. The van der Waals surface area contributed by atoms with E-state index in [2.05, 4.69) is 10.3 Å². The molecule has 5 nitrogen and oxygen atoms in total. The zero-order valence-corrected chi connectivity index (χ0v) is 13.0.